The van der Waals surface area contributed by atoms with E-state index in [0.29, 0.717) is 0 Å². The first-order valence-corrected chi connectivity index (χ1v) is 5.54. The second-order valence-corrected chi connectivity index (χ2v) is 4.50. The number of carbonyl (C=O) groups excluding carboxylic acids is 2. The first-order chi connectivity index (χ1) is 7.43. The molecule has 0 saturated carbocycles. The molecular formula is C8H15N5O2S. The summed E-state index contributed by atoms with van der Waals surface area (Å²) in [4.78, 5) is 25.9. The zero-order valence-corrected chi connectivity index (χ0v) is 10.5. The van der Waals surface area contributed by atoms with E-state index in [-0.39, 0.29) is 12.1 Å². The van der Waals surface area contributed by atoms with Gasteiger partial charge in [0.1, 0.15) is 0 Å². The number of urea groups is 2. The molecule has 1 aliphatic heterocycles. The summed E-state index contributed by atoms with van der Waals surface area (Å²) in [6, 6.07) is -0.537. The molecule has 0 aliphatic carbocycles. The fraction of sp³-hybridized carbons (Fsp3) is 0.625. The van der Waals surface area contributed by atoms with Crippen molar-refractivity contribution < 1.29 is 9.59 Å². The molecular weight excluding hydrogens is 230 g/mol. The van der Waals surface area contributed by atoms with Gasteiger partial charge in [-0.05, 0) is 0 Å². The molecule has 1 N–H and O–H groups in total. The molecule has 0 saturated heterocycles. The minimum atomic E-state index is -0.482. The maximum atomic E-state index is 11.7. The van der Waals surface area contributed by atoms with Gasteiger partial charge in [0.15, 0.2) is 5.50 Å². The predicted molar refractivity (Wildman–Crippen MR) is 63.0 cm³/mol. The van der Waals surface area contributed by atoms with Crippen LogP contribution in [0.5, 0.6) is 0 Å². The lowest BCUT2D eigenvalue weighted by Crippen LogP contribution is -2.49. The summed E-state index contributed by atoms with van der Waals surface area (Å²) >= 11 is 1.27. The summed E-state index contributed by atoms with van der Waals surface area (Å²) in [7, 11) is 6.53. The van der Waals surface area contributed by atoms with Crippen LogP contribution in [0.2, 0.25) is 0 Å². The second kappa shape index (κ2) is 5.06. The zero-order valence-electron chi connectivity index (χ0n) is 9.67. The maximum absolute atomic E-state index is 11.7. The van der Waals surface area contributed by atoms with Crippen molar-refractivity contribution in [1.82, 2.24) is 20.1 Å². The lowest BCUT2D eigenvalue weighted by atomic mass is 10.7. The molecule has 0 aromatic heterocycles. The summed E-state index contributed by atoms with van der Waals surface area (Å²) in [6.07, 6.45) is 0. The van der Waals surface area contributed by atoms with E-state index >= 15 is 0 Å². The topological polar surface area (TPSA) is 68.2 Å². The van der Waals surface area contributed by atoms with Gasteiger partial charge in [0.25, 0.3) is 0 Å². The number of thioether (sulfide) groups is 1. The van der Waals surface area contributed by atoms with E-state index in [4.69, 9.17) is 0 Å². The number of rotatable bonds is 1. The number of hydrogen-bond acceptors (Lipinski definition) is 4. The average Bonchev–Trinajstić information content (AvgIpc) is 2.64. The van der Waals surface area contributed by atoms with E-state index in [1.165, 1.54) is 32.1 Å². The first-order valence-electron chi connectivity index (χ1n) is 4.59. The van der Waals surface area contributed by atoms with E-state index < -0.39 is 5.50 Å². The molecule has 1 unspecified atom stereocenters. The van der Waals surface area contributed by atoms with Gasteiger partial charge < -0.3 is 15.1 Å². The maximum Gasteiger partial charge on any atom is 0.342 e. The van der Waals surface area contributed by atoms with Crippen LogP contribution in [-0.2, 0) is 0 Å². The number of hydrogen-bond donors (Lipinski definition) is 1. The lowest BCUT2D eigenvalue weighted by Gasteiger charge is -2.25. The van der Waals surface area contributed by atoms with Gasteiger partial charge in [-0.25, -0.2) is 9.59 Å². The largest absolute Gasteiger partial charge is 0.342 e. The lowest BCUT2D eigenvalue weighted by molar-refractivity contribution is 0.161. The van der Waals surface area contributed by atoms with Gasteiger partial charge in [0, 0.05) is 28.2 Å². The van der Waals surface area contributed by atoms with Gasteiger partial charge in [-0.15, -0.1) is 0 Å². The van der Waals surface area contributed by atoms with Gasteiger partial charge >= 0.3 is 12.1 Å². The van der Waals surface area contributed by atoms with Crippen molar-refractivity contribution >= 4 is 29.4 Å². The Bertz CT molecular complexity index is 318. The molecule has 16 heavy (non-hydrogen) atoms. The van der Waals surface area contributed by atoms with Crippen molar-refractivity contribution in [1.29, 1.82) is 0 Å². The van der Waals surface area contributed by atoms with Crippen molar-refractivity contribution in [3.8, 4) is 0 Å². The normalized spacial score (nSPS) is 18.5. The van der Waals surface area contributed by atoms with Gasteiger partial charge in [-0.1, -0.05) is 11.8 Å². The molecule has 0 aromatic rings. The zero-order chi connectivity index (χ0) is 12.3. The Balaban J connectivity index is 2.62. The summed E-state index contributed by atoms with van der Waals surface area (Å²) < 4.78 is 0. The van der Waals surface area contributed by atoms with E-state index in [0.717, 1.165) is 0 Å². The van der Waals surface area contributed by atoms with E-state index in [1.807, 2.05) is 0 Å². The third-order valence-corrected chi connectivity index (χ3v) is 2.61. The highest BCUT2D eigenvalue weighted by molar-refractivity contribution is 8.12. The van der Waals surface area contributed by atoms with Crippen molar-refractivity contribution in [3.63, 3.8) is 0 Å². The molecule has 8 heteroatoms. The van der Waals surface area contributed by atoms with Crippen molar-refractivity contribution in [2.24, 2.45) is 5.10 Å². The number of nitrogens with one attached hydrogen (secondary N) is 1. The van der Waals surface area contributed by atoms with Crippen LogP contribution in [0.25, 0.3) is 0 Å². The molecule has 0 radical (unpaired) electrons. The Morgan fingerprint density at radius 1 is 1.31 bits per heavy atom. The molecule has 1 heterocycles. The minimum absolute atomic E-state index is 0.264. The quantitative estimate of drug-likeness (QED) is 0.718. The van der Waals surface area contributed by atoms with Crippen LogP contribution < -0.4 is 5.32 Å². The van der Waals surface area contributed by atoms with Gasteiger partial charge in [-0.2, -0.15) is 10.1 Å². The smallest absolute Gasteiger partial charge is 0.331 e. The predicted octanol–water partition coefficient (Wildman–Crippen LogP) is 0.215. The van der Waals surface area contributed by atoms with Gasteiger partial charge in [-0.3, -0.25) is 0 Å². The molecule has 0 fully saturated rings. The minimum Gasteiger partial charge on any atom is -0.331 e. The molecule has 0 spiro atoms. The van der Waals surface area contributed by atoms with Crippen LogP contribution >= 0.6 is 11.8 Å². The Kier molecular flexibility index (Phi) is 3.99. The average molecular weight is 245 g/mol. The monoisotopic (exact) mass is 245 g/mol. The highest BCUT2D eigenvalue weighted by atomic mass is 32.2. The molecule has 90 valence electrons. The van der Waals surface area contributed by atoms with Crippen LogP contribution in [0.4, 0.5) is 9.59 Å². The molecule has 1 aliphatic rings. The van der Waals surface area contributed by atoms with Crippen molar-refractivity contribution in [3.05, 3.63) is 0 Å². The number of carbonyl (C=O) groups is 2. The third-order valence-electron chi connectivity index (χ3n) is 1.82. The molecule has 7 nitrogen and oxygen atoms in total. The number of amides is 4. The van der Waals surface area contributed by atoms with Gasteiger partial charge in [0.05, 0.1) is 5.55 Å². The fourth-order valence-corrected chi connectivity index (χ4v) is 1.64. The molecule has 1 rings (SSSR count). The van der Waals surface area contributed by atoms with E-state index in [9.17, 15) is 9.59 Å². The second-order valence-electron chi connectivity index (χ2n) is 3.57. The van der Waals surface area contributed by atoms with Gasteiger partial charge in [0.2, 0.25) is 0 Å². The summed E-state index contributed by atoms with van der Waals surface area (Å²) in [5, 5.41) is 7.79. The third kappa shape index (κ3) is 2.78. The Morgan fingerprint density at radius 3 is 2.44 bits per heavy atom. The van der Waals surface area contributed by atoms with Crippen LogP contribution in [0.1, 0.15) is 0 Å². The van der Waals surface area contributed by atoms with E-state index in [1.54, 1.807) is 28.2 Å². The number of hydrazone groups is 1. The van der Waals surface area contributed by atoms with Crippen LogP contribution in [0.15, 0.2) is 5.10 Å². The van der Waals surface area contributed by atoms with Crippen LogP contribution in [0, 0.1) is 0 Å². The van der Waals surface area contributed by atoms with Crippen LogP contribution in [0.3, 0.4) is 0 Å². The summed E-state index contributed by atoms with van der Waals surface area (Å²) in [6.45, 7) is 0. The first kappa shape index (κ1) is 12.6. The van der Waals surface area contributed by atoms with Crippen LogP contribution in [-0.4, -0.2) is 66.1 Å². The molecule has 4 amide bonds. The standard InChI is InChI=1S/C8H15N5O2S/c1-11(2)6(14)10-7-13(9-5-16-7)8(15)12(3)4/h5,7H,1-4H3,(H,10,14). The Labute approximate surface area is 98.4 Å². The molecule has 0 bridgehead atoms. The summed E-state index contributed by atoms with van der Waals surface area (Å²) in [5.41, 5.74) is 1.05. The number of nitrogens with zero attached hydrogens (tertiary/aromatic N) is 4. The Morgan fingerprint density at radius 2 is 1.94 bits per heavy atom. The summed E-state index contributed by atoms with van der Waals surface area (Å²) in [5.74, 6) is 0. The van der Waals surface area contributed by atoms with Crippen molar-refractivity contribution in [2.45, 2.75) is 5.50 Å². The van der Waals surface area contributed by atoms with Crippen molar-refractivity contribution in [2.75, 3.05) is 28.2 Å². The highest BCUT2D eigenvalue weighted by Crippen LogP contribution is 2.19. The molecule has 1 atom stereocenters. The van der Waals surface area contributed by atoms with E-state index in [2.05, 4.69) is 10.4 Å². The fourth-order valence-electron chi connectivity index (χ4n) is 0.938. The highest BCUT2D eigenvalue weighted by Gasteiger charge is 2.30. The molecule has 0 aromatic carbocycles. The Hall–Kier alpha value is -1.44. The SMILES string of the molecule is CN(C)C(=O)NC1SC=NN1C(=O)N(C)C.